The number of hydrogen-bond donors (Lipinski definition) is 0. The molecule has 5 rings (SSSR count). The van der Waals surface area contributed by atoms with E-state index in [4.69, 9.17) is 4.42 Å². The van der Waals surface area contributed by atoms with Gasteiger partial charge in [0.05, 0.1) is 11.8 Å². The van der Waals surface area contributed by atoms with E-state index in [1.165, 1.54) is 21.5 Å². The Labute approximate surface area is 192 Å². The lowest BCUT2D eigenvalue weighted by molar-refractivity contribution is -0.135. The SMILES string of the molecule is CC[C@H](C(=O)N1CCN(c2cccc(C)c2C)CC1)n1nc(C)n2c(cc3occc32)c1=O. The fourth-order valence-electron chi connectivity index (χ4n) is 4.91. The van der Waals surface area contributed by atoms with Gasteiger partial charge in [-0.25, -0.2) is 4.68 Å². The Bertz CT molecular complexity index is 1400. The van der Waals surface area contributed by atoms with Gasteiger partial charge in [0.2, 0.25) is 5.91 Å². The first-order valence-electron chi connectivity index (χ1n) is 11.5. The minimum Gasteiger partial charge on any atom is -0.463 e. The summed E-state index contributed by atoms with van der Waals surface area (Å²) in [5.41, 5.74) is 5.42. The molecule has 1 fully saturated rings. The predicted octanol–water partition coefficient (Wildman–Crippen LogP) is 3.47. The zero-order valence-corrected chi connectivity index (χ0v) is 19.5. The van der Waals surface area contributed by atoms with E-state index in [0.29, 0.717) is 36.4 Å². The molecule has 1 aliphatic heterocycles. The minimum atomic E-state index is -0.630. The molecule has 1 atom stereocenters. The number of nitrogens with zero attached hydrogens (tertiary/aromatic N) is 5. The first-order chi connectivity index (χ1) is 15.9. The van der Waals surface area contributed by atoms with Crippen molar-refractivity contribution < 1.29 is 9.21 Å². The Kier molecular flexibility index (Phi) is 5.23. The third-order valence-electron chi connectivity index (χ3n) is 6.90. The van der Waals surface area contributed by atoms with E-state index in [-0.39, 0.29) is 11.5 Å². The van der Waals surface area contributed by atoms with Crippen molar-refractivity contribution in [2.45, 2.75) is 40.2 Å². The van der Waals surface area contributed by atoms with Gasteiger partial charge in [0.15, 0.2) is 5.58 Å². The quantitative estimate of drug-likeness (QED) is 0.479. The Morgan fingerprint density at radius 3 is 2.58 bits per heavy atom. The van der Waals surface area contributed by atoms with Crippen LogP contribution in [0.1, 0.15) is 36.3 Å². The molecule has 4 aromatic rings. The summed E-state index contributed by atoms with van der Waals surface area (Å²) in [4.78, 5) is 31.0. The molecule has 1 aromatic carbocycles. The third kappa shape index (κ3) is 3.41. The Hall–Kier alpha value is -3.55. The number of anilines is 1. The standard InChI is InChI=1S/C25H29N5O3/c1-5-19(30-25(32)22-15-23-21(9-14-33-23)29(22)18(4)26-30)24(31)28-12-10-27(11-13-28)20-8-6-7-16(2)17(20)3/h6-9,14-15,19H,5,10-13H2,1-4H3/t19-/m1/s1. The van der Waals surface area contributed by atoms with Gasteiger partial charge in [-0.05, 0) is 44.4 Å². The number of amides is 1. The first-order valence-corrected chi connectivity index (χ1v) is 11.5. The number of hydrogen-bond acceptors (Lipinski definition) is 5. The largest absolute Gasteiger partial charge is 0.463 e. The van der Waals surface area contributed by atoms with Crippen molar-refractivity contribution in [1.82, 2.24) is 19.1 Å². The molecular weight excluding hydrogens is 418 g/mol. The van der Waals surface area contributed by atoms with Crippen molar-refractivity contribution in [2.24, 2.45) is 0 Å². The summed E-state index contributed by atoms with van der Waals surface area (Å²) in [7, 11) is 0. The van der Waals surface area contributed by atoms with Crippen LogP contribution in [0.25, 0.3) is 16.6 Å². The number of benzene rings is 1. The zero-order valence-electron chi connectivity index (χ0n) is 19.5. The smallest absolute Gasteiger partial charge is 0.291 e. The fourth-order valence-corrected chi connectivity index (χ4v) is 4.91. The van der Waals surface area contributed by atoms with Gasteiger partial charge in [-0.3, -0.25) is 14.0 Å². The molecule has 1 saturated heterocycles. The van der Waals surface area contributed by atoms with Crippen LogP contribution in [0.2, 0.25) is 0 Å². The lowest BCUT2D eigenvalue weighted by Gasteiger charge is -2.38. The van der Waals surface area contributed by atoms with Crippen LogP contribution in [-0.4, -0.2) is 51.2 Å². The number of furan rings is 1. The average Bonchev–Trinajstić information content (AvgIpc) is 3.41. The highest BCUT2D eigenvalue weighted by Crippen LogP contribution is 2.25. The fraction of sp³-hybridized carbons (Fsp3) is 0.400. The topological polar surface area (TPSA) is 76.0 Å². The third-order valence-corrected chi connectivity index (χ3v) is 6.90. The van der Waals surface area contributed by atoms with Crippen LogP contribution in [-0.2, 0) is 4.79 Å². The van der Waals surface area contributed by atoms with Crippen molar-refractivity contribution in [3.05, 3.63) is 63.9 Å². The van der Waals surface area contributed by atoms with Crippen LogP contribution in [0.4, 0.5) is 5.69 Å². The molecular formula is C25H29N5O3. The summed E-state index contributed by atoms with van der Waals surface area (Å²) in [5.74, 6) is 0.596. The maximum atomic E-state index is 13.5. The lowest BCUT2D eigenvalue weighted by atomic mass is 10.1. The van der Waals surface area contributed by atoms with Gasteiger partial charge in [-0.2, -0.15) is 5.10 Å². The monoisotopic (exact) mass is 447 g/mol. The number of carbonyl (C=O) groups is 1. The molecule has 33 heavy (non-hydrogen) atoms. The van der Waals surface area contributed by atoms with E-state index in [0.717, 1.165) is 18.6 Å². The maximum absolute atomic E-state index is 13.5. The summed E-state index contributed by atoms with van der Waals surface area (Å²) in [5, 5.41) is 4.54. The lowest BCUT2D eigenvalue weighted by Crippen LogP contribution is -2.51. The minimum absolute atomic E-state index is 0.0493. The van der Waals surface area contributed by atoms with Crippen LogP contribution in [0.15, 0.2) is 45.8 Å². The number of carbonyl (C=O) groups excluding carboxylic acids is 1. The molecule has 0 saturated carbocycles. The molecule has 4 heterocycles. The van der Waals surface area contributed by atoms with Crippen molar-refractivity contribution in [3.63, 3.8) is 0 Å². The summed E-state index contributed by atoms with van der Waals surface area (Å²) in [6.45, 7) is 10.8. The normalized spacial score (nSPS) is 15.5. The molecule has 0 spiro atoms. The van der Waals surface area contributed by atoms with Crippen molar-refractivity contribution in [3.8, 4) is 0 Å². The molecule has 0 N–H and O–H groups in total. The second kappa shape index (κ2) is 8.10. The van der Waals surface area contributed by atoms with Crippen molar-refractivity contribution in [1.29, 1.82) is 0 Å². The molecule has 0 bridgehead atoms. The zero-order chi connectivity index (χ0) is 23.3. The van der Waals surface area contributed by atoms with Crippen molar-refractivity contribution in [2.75, 3.05) is 31.1 Å². The summed E-state index contributed by atoms with van der Waals surface area (Å²) < 4.78 is 8.62. The van der Waals surface area contributed by atoms with E-state index < -0.39 is 6.04 Å². The Balaban J connectivity index is 1.40. The molecule has 0 aliphatic carbocycles. The van der Waals surface area contributed by atoms with Gasteiger partial charge < -0.3 is 14.2 Å². The summed E-state index contributed by atoms with van der Waals surface area (Å²) in [6, 6.07) is 9.26. The molecule has 0 unspecified atom stereocenters. The predicted molar refractivity (Wildman–Crippen MR) is 128 cm³/mol. The van der Waals surface area contributed by atoms with E-state index in [1.54, 1.807) is 16.7 Å². The second-order valence-electron chi connectivity index (χ2n) is 8.79. The van der Waals surface area contributed by atoms with Crippen LogP contribution in [0, 0.1) is 20.8 Å². The molecule has 172 valence electrons. The highest BCUT2D eigenvalue weighted by molar-refractivity contribution is 5.83. The van der Waals surface area contributed by atoms with Gasteiger partial charge in [0, 0.05) is 44.0 Å². The molecule has 0 radical (unpaired) electrons. The van der Waals surface area contributed by atoms with E-state index in [1.807, 2.05) is 24.8 Å². The number of rotatable bonds is 4. The van der Waals surface area contributed by atoms with Gasteiger partial charge in [-0.15, -0.1) is 0 Å². The Morgan fingerprint density at radius 2 is 1.85 bits per heavy atom. The molecule has 1 amide bonds. The van der Waals surface area contributed by atoms with Gasteiger partial charge in [0.25, 0.3) is 5.56 Å². The van der Waals surface area contributed by atoms with E-state index in [2.05, 4.69) is 42.0 Å². The van der Waals surface area contributed by atoms with Crippen LogP contribution in [0.5, 0.6) is 0 Å². The maximum Gasteiger partial charge on any atom is 0.291 e. The van der Waals surface area contributed by atoms with E-state index in [9.17, 15) is 9.59 Å². The molecule has 3 aromatic heterocycles. The first kappa shape index (κ1) is 21.3. The highest BCUT2D eigenvalue weighted by atomic mass is 16.3. The number of aromatic nitrogens is 3. The van der Waals surface area contributed by atoms with Gasteiger partial charge in [0.1, 0.15) is 17.4 Å². The summed E-state index contributed by atoms with van der Waals surface area (Å²) in [6.07, 6.45) is 2.09. The van der Waals surface area contributed by atoms with Crippen LogP contribution in [0.3, 0.4) is 0 Å². The average molecular weight is 448 g/mol. The highest BCUT2D eigenvalue weighted by Gasteiger charge is 2.30. The van der Waals surface area contributed by atoms with Crippen LogP contribution < -0.4 is 10.5 Å². The summed E-state index contributed by atoms with van der Waals surface area (Å²) >= 11 is 0. The molecule has 1 aliphatic rings. The molecule has 8 heteroatoms. The van der Waals surface area contributed by atoms with Crippen LogP contribution >= 0.6 is 0 Å². The number of fused-ring (bicyclic) bond motifs is 3. The number of aryl methyl sites for hydroxylation is 2. The van der Waals surface area contributed by atoms with Crippen molar-refractivity contribution >= 4 is 28.2 Å². The second-order valence-corrected chi connectivity index (χ2v) is 8.79. The van der Waals surface area contributed by atoms with Gasteiger partial charge >= 0.3 is 0 Å². The van der Waals surface area contributed by atoms with Gasteiger partial charge in [-0.1, -0.05) is 19.1 Å². The number of piperazine rings is 1. The Morgan fingerprint density at radius 1 is 1.09 bits per heavy atom. The molecule has 8 nitrogen and oxygen atoms in total. The van der Waals surface area contributed by atoms with E-state index >= 15 is 0 Å².